The monoisotopic (exact) mass is 281 g/mol. The molecule has 1 aromatic carbocycles. The van der Waals surface area contributed by atoms with Crippen molar-refractivity contribution in [1.82, 2.24) is 4.98 Å². The third-order valence-corrected chi connectivity index (χ3v) is 3.28. The highest BCUT2D eigenvalue weighted by atomic mass is 32.2. The first kappa shape index (κ1) is 13.6. The van der Waals surface area contributed by atoms with Crippen LogP contribution < -0.4 is 11.1 Å². The van der Waals surface area contributed by atoms with Crippen molar-refractivity contribution in [2.75, 3.05) is 11.1 Å². The second kappa shape index (κ2) is 5.88. The molecule has 0 unspecified atom stereocenters. The second-order valence-corrected chi connectivity index (χ2v) is 4.90. The van der Waals surface area contributed by atoms with Gasteiger partial charge >= 0.3 is 0 Å². The van der Waals surface area contributed by atoms with E-state index in [9.17, 15) is 8.78 Å². The minimum absolute atomic E-state index is 0.480. The third-order valence-electron chi connectivity index (χ3n) is 2.49. The molecule has 1 aromatic heterocycles. The molecule has 19 heavy (non-hydrogen) atoms. The van der Waals surface area contributed by atoms with Crippen LogP contribution in [0.4, 0.5) is 26.0 Å². The standard InChI is InChI=1S/C13H13F2N3S/c1-8-9(16)6-7-12(17-8)18-10-4-2-3-5-11(10)19-13(14)15/h2-7,13H,16H2,1H3,(H,17,18). The second-order valence-electron chi connectivity index (χ2n) is 3.87. The molecule has 100 valence electrons. The Morgan fingerprint density at radius 2 is 1.95 bits per heavy atom. The number of hydrogen-bond acceptors (Lipinski definition) is 4. The van der Waals surface area contributed by atoms with Gasteiger partial charge in [0.15, 0.2) is 0 Å². The van der Waals surface area contributed by atoms with E-state index in [4.69, 9.17) is 5.73 Å². The number of pyridine rings is 1. The minimum atomic E-state index is -2.45. The highest BCUT2D eigenvalue weighted by Crippen LogP contribution is 2.33. The summed E-state index contributed by atoms with van der Waals surface area (Å²) in [6.45, 7) is 1.79. The van der Waals surface area contributed by atoms with Crippen molar-refractivity contribution in [2.24, 2.45) is 0 Å². The van der Waals surface area contributed by atoms with Crippen LogP contribution in [0.1, 0.15) is 5.69 Å². The molecule has 0 aliphatic heterocycles. The summed E-state index contributed by atoms with van der Waals surface area (Å²) in [5, 5.41) is 3.03. The van der Waals surface area contributed by atoms with Crippen LogP contribution in [-0.4, -0.2) is 10.7 Å². The molecular formula is C13H13F2N3S. The summed E-state index contributed by atoms with van der Waals surface area (Å²) < 4.78 is 24.9. The van der Waals surface area contributed by atoms with Crippen LogP contribution in [0, 0.1) is 6.92 Å². The van der Waals surface area contributed by atoms with E-state index in [-0.39, 0.29) is 0 Å². The van der Waals surface area contributed by atoms with E-state index in [1.165, 1.54) is 0 Å². The van der Waals surface area contributed by atoms with Crippen molar-refractivity contribution in [3.05, 3.63) is 42.1 Å². The quantitative estimate of drug-likeness (QED) is 0.831. The number of alkyl halides is 2. The summed E-state index contributed by atoms with van der Waals surface area (Å²) in [7, 11) is 0. The molecule has 0 saturated carbocycles. The Morgan fingerprint density at radius 3 is 2.63 bits per heavy atom. The maximum absolute atomic E-state index is 12.5. The number of benzene rings is 1. The molecule has 0 spiro atoms. The molecule has 0 radical (unpaired) electrons. The topological polar surface area (TPSA) is 50.9 Å². The average Bonchev–Trinajstić information content (AvgIpc) is 2.36. The minimum Gasteiger partial charge on any atom is -0.397 e. The Morgan fingerprint density at radius 1 is 1.21 bits per heavy atom. The molecule has 0 amide bonds. The molecule has 0 aliphatic rings. The van der Waals surface area contributed by atoms with Gasteiger partial charge in [0.25, 0.3) is 5.76 Å². The summed E-state index contributed by atoms with van der Waals surface area (Å²) >= 11 is 0.503. The predicted octanol–water partition coefficient (Wildman–Crippen LogP) is 4.03. The fourth-order valence-electron chi connectivity index (χ4n) is 1.55. The molecule has 2 rings (SSSR count). The highest BCUT2D eigenvalue weighted by molar-refractivity contribution is 7.99. The first-order chi connectivity index (χ1) is 9.06. The first-order valence-corrected chi connectivity index (χ1v) is 6.48. The van der Waals surface area contributed by atoms with Crippen molar-refractivity contribution in [3.63, 3.8) is 0 Å². The maximum atomic E-state index is 12.5. The summed E-state index contributed by atoms with van der Waals surface area (Å²) in [5.41, 5.74) is 7.58. The van der Waals surface area contributed by atoms with Gasteiger partial charge in [-0.1, -0.05) is 23.9 Å². The Labute approximate surface area is 114 Å². The molecule has 0 bridgehead atoms. The normalized spacial score (nSPS) is 10.7. The van der Waals surface area contributed by atoms with Gasteiger partial charge in [0.05, 0.1) is 17.1 Å². The summed E-state index contributed by atoms with van der Waals surface area (Å²) in [6, 6.07) is 10.3. The van der Waals surface area contributed by atoms with Crippen molar-refractivity contribution in [3.8, 4) is 0 Å². The van der Waals surface area contributed by atoms with Crippen molar-refractivity contribution >= 4 is 29.0 Å². The van der Waals surface area contributed by atoms with E-state index in [0.717, 1.165) is 0 Å². The number of aromatic nitrogens is 1. The lowest BCUT2D eigenvalue weighted by Crippen LogP contribution is -1.99. The van der Waals surface area contributed by atoms with E-state index in [0.29, 0.717) is 39.5 Å². The van der Waals surface area contributed by atoms with Crippen LogP contribution in [0.2, 0.25) is 0 Å². The van der Waals surface area contributed by atoms with E-state index in [1.54, 1.807) is 43.3 Å². The summed E-state index contributed by atoms with van der Waals surface area (Å²) in [6.07, 6.45) is 0. The zero-order valence-corrected chi connectivity index (χ0v) is 11.0. The number of nitrogen functional groups attached to an aromatic ring is 1. The van der Waals surface area contributed by atoms with Gasteiger partial charge in [-0.3, -0.25) is 0 Å². The van der Waals surface area contributed by atoms with Gasteiger partial charge < -0.3 is 11.1 Å². The lowest BCUT2D eigenvalue weighted by atomic mass is 10.3. The van der Waals surface area contributed by atoms with Crippen molar-refractivity contribution < 1.29 is 8.78 Å². The molecular weight excluding hydrogens is 268 g/mol. The Kier molecular flexibility index (Phi) is 4.21. The van der Waals surface area contributed by atoms with E-state index >= 15 is 0 Å². The number of anilines is 3. The number of nitrogens with one attached hydrogen (secondary N) is 1. The van der Waals surface area contributed by atoms with Crippen LogP contribution in [0.3, 0.4) is 0 Å². The number of aryl methyl sites for hydroxylation is 1. The number of hydrogen-bond donors (Lipinski definition) is 2. The van der Waals surface area contributed by atoms with Crippen LogP contribution in [0.25, 0.3) is 0 Å². The number of para-hydroxylation sites is 1. The van der Waals surface area contributed by atoms with Gasteiger partial charge in [-0.25, -0.2) is 4.98 Å². The van der Waals surface area contributed by atoms with Gasteiger partial charge in [-0.05, 0) is 31.2 Å². The molecule has 1 heterocycles. The van der Waals surface area contributed by atoms with Crippen LogP contribution >= 0.6 is 11.8 Å². The zero-order valence-electron chi connectivity index (χ0n) is 10.2. The first-order valence-electron chi connectivity index (χ1n) is 5.60. The smallest absolute Gasteiger partial charge is 0.288 e. The average molecular weight is 281 g/mol. The van der Waals surface area contributed by atoms with Gasteiger partial charge in [0.2, 0.25) is 0 Å². The highest BCUT2D eigenvalue weighted by Gasteiger charge is 2.10. The molecule has 0 atom stereocenters. The Balaban J connectivity index is 2.25. The number of nitrogens with two attached hydrogens (primary N) is 1. The Bertz CT molecular complexity index is 576. The molecule has 3 N–H and O–H groups in total. The van der Waals surface area contributed by atoms with Crippen molar-refractivity contribution in [2.45, 2.75) is 17.6 Å². The van der Waals surface area contributed by atoms with Gasteiger partial charge in [-0.15, -0.1) is 0 Å². The van der Waals surface area contributed by atoms with Crippen LogP contribution in [0.15, 0.2) is 41.3 Å². The molecule has 6 heteroatoms. The number of nitrogens with zero attached hydrogens (tertiary/aromatic N) is 1. The summed E-state index contributed by atoms with van der Waals surface area (Å²) in [4.78, 5) is 4.74. The lowest BCUT2D eigenvalue weighted by Gasteiger charge is -2.11. The van der Waals surface area contributed by atoms with Gasteiger partial charge in [-0.2, -0.15) is 8.78 Å². The van der Waals surface area contributed by atoms with E-state index < -0.39 is 5.76 Å². The number of halogens is 2. The molecule has 0 saturated heterocycles. The van der Waals surface area contributed by atoms with Gasteiger partial charge in [0.1, 0.15) is 5.82 Å². The molecule has 3 nitrogen and oxygen atoms in total. The fourth-order valence-corrected chi connectivity index (χ4v) is 2.14. The van der Waals surface area contributed by atoms with Crippen LogP contribution in [-0.2, 0) is 0 Å². The number of thioether (sulfide) groups is 1. The van der Waals surface area contributed by atoms with E-state index in [1.807, 2.05) is 0 Å². The molecule has 0 fully saturated rings. The number of rotatable bonds is 4. The third kappa shape index (κ3) is 3.57. The molecule has 0 aliphatic carbocycles. The maximum Gasteiger partial charge on any atom is 0.288 e. The van der Waals surface area contributed by atoms with E-state index in [2.05, 4.69) is 10.3 Å². The largest absolute Gasteiger partial charge is 0.397 e. The fraction of sp³-hybridized carbons (Fsp3) is 0.154. The SMILES string of the molecule is Cc1nc(Nc2ccccc2SC(F)F)ccc1N. The summed E-state index contributed by atoms with van der Waals surface area (Å²) in [5.74, 6) is -1.88. The van der Waals surface area contributed by atoms with Crippen molar-refractivity contribution in [1.29, 1.82) is 0 Å². The zero-order chi connectivity index (χ0) is 13.8. The van der Waals surface area contributed by atoms with Gasteiger partial charge in [0, 0.05) is 4.90 Å². The lowest BCUT2D eigenvalue weighted by molar-refractivity contribution is 0.252. The Hall–Kier alpha value is -1.82. The van der Waals surface area contributed by atoms with Crippen LogP contribution in [0.5, 0.6) is 0 Å². The predicted molar refractivity (Wildman–Crippen MR) is 75.0 cm³/mol. The molecule has 2 aromatic rings.